The number of hydrogen-bond acceptors (Lipinski definition) is 2. The van der Waals surface area contributed by atoms with Gasteiger partial charge in [0.2, 0.25) is 0 Å². The summed E-state index contributed by atoms with van der Waals surface area (Å²) in [6.45, 7) is 0. The minimum atomic E-state index is -1.35. The standard InChI is InChI=1S/C14H19ClO3/c15-12(13(17)18)11(16)7-14-4-8-1-9(5-14)3-10(2-8)6-14/h8-10,12H,1-7H2,(H,17,18). The van der Waals surface area contributed by atoms with Gasteiger partial charge in [-0.2, -0.15) is 0 Å². The molecular formula is C14H19ClO3. The second kappa shape index (κ2) is 4.22. The highest BCUT2D eigenvalue weighted by Gasteiger charge is 2.51. The van der Waals surface area contributed by atoms with E-state index in [4.69, 9.17) is 16.7 Å². The van der Waals surface area contributed by atoms with E-state index < -0.39 is 11.3 Å². The molecule has 0 aromatic heterocycles. The number of carbonyl (C=O) groups is 2. The lowest BCUT2D eigenvalue weighted by Crippen LogP contribution is -2.47. The lowest BCUT2D eigenvalue weighted by molar-refractivity contribution is -0.141. The van der Waals surface area contributed by atoms with E-state index in [1.54, 1.807) is 0 Å². The molecule has 4 saturated carbocycles. The minimum absolute atomic E-state index is 0.0917. The molecule has 0 amide bonds. The number of alkyl halides is 1. The highest BCUT2D eigenvalue weighted by atomic mass is 35.5. The van der Waals surface area contributed by atoms with Crippen molar-refractivity contribution < 1.29 is 14.7 Å². The van der Waals surface area contributed by atoms with Gasteiger partial charge in [0.15, 0.2) is 11.2 Å². The lowest BCUT2D eigenvalue weighted by atomic mass is 9.48. The van der Waals surface area contributed by atoms with Crippen LogP contribution in [0.5, 0.6) is 0 Å². The normalized spacial score (nSPS) is 42.8. The maximum Gasteiger partial charge on any atom is 0.329 e. The largest absolute Gasteiger partial charge is 0.480 e. The first-order valence-corrected chi connectivity index (χ1v) is 7.31. The van der Waals surface area contributed by atoms with Crippen LogP contribution in [0.15, 0.2) is 0 Å². The Morgan fingerprint density at radius 1 is 1.11 bits per heavy atom. The molecule has 1 atom stereocenters. The van der Waals surface area contributed by atoms with Crippen LogP contribution in [0.3, 0.4) is 0 Å². The number of carboxylic acids is 1. The van der Waals surface area contributed by atoms with Crippen molar-refractivity contribution >= 4 is 23.4 Å². The Hall–Kier alpha value is -0.570. The molecule has 1 N–H and O–H groups in total. The van der Waals surface area contributed by atoms with Crippen LogP contribution in [0.25, 0.3) is 0 Å². The van der Waals surface area contributed by atoms with E-state index in [9.17, 15) is 9.59 Å². The van der Waals surface area contributed by atoms with Crippen molar-refractivity contribution in [2.24, 2.45) is 23.2 Å². The maximum atomic E-state index is 12.0. The molecule has 4 aliphatic carbocycles. The highest BCUT2D eigenvalue weighted by molar-refractivity contribution is 6.40. The number of halogens is 1. The zero-order valence-electron chi connectivity index (χ0n) is 10.4. The Morgan fingerprint density at radius 2 is 1.56 bits per heavy atom. The van der Waals surface area contributed by atoms with E-state index in [1.807, 2.05) is 0 Å². The van der Waals surface area contributed by atoms with E-state index in [0.29, 0.717) is 6.42 Å². The third-order valence-electron chi connectivity index (χ3n) is 5.21. The van der Waals surface area contributed by atoms with Crippen molar-refractivity contribution in [3.63, 3.8) is 0 Å². The topological polar surface area (TPSA) is 54.4 Å². The van der Waals surface area contributed by atoms with Gasteiger partial charge >= 0.3 is 5.97 Å². The van der Waals surface area contributed by atoms with Crippen LogP contribution < -0.4 is 0 Å². The van der Waals surface area contributed by atoms with Crippen LogP contribution >= 0.6 is 11.6 Å². The summed E-state index contributed by atoms with van der Waals surface area (Å²) in [4.78, 5) is 22.7. The highest BCUT2D eigenvalue weighted by Crippen LogP contribution is 2.61. The van der Waals surface area contributed by atoms with Crippen molar-refractivity contribution in [3.05, 3.63) is 0 Å². The Balaban J connectivity index is 1.72. The van der Waals surface area contributed by atoms with Gasteiger partial charge in [0.25, 0.3) is 0 Å². The summed E-state index contributed by atoms with van der Waals surface area (Å²) < 4.78 is 0. The Kier molecular flexibility index (Phi) is 2.92. The number of carbonyl (C=O) groups excluding carboxylic acids is 1. The molecule has 0 spiro atoms. The molecule has 4 heteroatoms. The third kappa shape index (κ3) is 2.07. The molecule has 0 aromatic rings. The monoisotopic (exact) mass is 270 g/mol. The molecule has 3 nitrogen and oxygen atoms in total. The van der Waals surface area contributed by atoms with Crippen molar-refractivity contribution in [3.8, 4) is 0 Å². The molecular weight excluding hydrogens is 252 g/mol. The third-order valence-corrected chi connectivity index (χ3v) is 5.64. The fraction of sp³-hybridized carbons (Fsp3) is 0.857. The van der Waals surface area contributed by atoms with Crippen LogP contribution in [0.1, 0.15) is 44.9 Å². The van der Waals surface area contributed by atoms with Crippen molar-refractivity contribution in [1.29, 1.82) is 0 Å². The molecule has 0 heterocycles. The molecule has 4 rings (SSSR count). The first kappa shape index (κ1) is 12.5. The van der Waals surface area contributed by atoms with Gasteiger partial charge in [-0.25, -0.2) is 0 Å². The van der Waals surface area contributed by atoms with Gasteiger partial charge in [-0.15, -0.1) is 11.6 Å². The van der Waals surface area contributed by atoms with Crippen molar-refractivity contribution in [2.45, 2.75) is 50.3 Å². The zero-order valence-corrected chi connectivity index (χ0v) is 11.2. The summed E-state index contributed by atoms with van der Waals surface area (Å²) in [5.74, 6) is 0.852. The quantitative estimate of drug-likeness (QED) is 0.631. The molecule has 0 aliphatic heterocycles. The fourth-order valence-corrected chi connectivity index (χ4v) is 5.18. The first-order chi connectivity index (χ1) is 8.47. The van der Waals surface area contributed by atoms with E-state index in [1.165, 1.54) is 19.3 Å². The van der Waals surface area contributed by atoms with E-state index >= 15 is 0 Å². The molecule has 0 radical (unpaired) electrons. The van der Waals surface area contributed by atoms with Crippen LogP contribution in [0, 0.1) is 23.2 Å². The summed E-state index contributed by atoms with van der Waals surface area (Å²) in [6, 6.07) is 0. The second-order valence-corrected chi connectivity index (χ2v) is 7.20. The molecule has 0 saturated heterocycles. The zero-order chi connectivity index (χ0) is 12.9. The summed E-state index contributed by atoms with van der Waals surface area (Å²) in [5, 5.41) is 7.46. The average molecular weight is 271 g/mol. The SMILES string of the molecule is O=C(O)C(Cl)C(=O)CC12CC3CC(CC(C3)C1)C2. The van der Waals surface area contributed by atoms with Crippen LogP contribution in [0.2, 0.25) is 0 Å². The lowest BCUT2D eigenvalue weighted by Gasteiger charge is -2.56. The Labute approximate surface area is 112 Å². The summed E-state index contributed by atoms with van der Waals surface area (Å²) in [5.41, 5.74) is 0.0917. The van der Waals surface area contributed by atoms with Gasteiger partial charge in [-0.05, 0) is 61.7 Å². The fourth-order valence-electron chi connectivity index (χ4n) is 5.10. The van der Waals surface area contributed by atoms with Crippen LogP contribution in [0.4, 0.5) is 0 Å². The Morgan fingerprint density at radius 3 is 1.94 bits per heavy atom. The molecule has 4 aliphatic rings. The molecule has 100 valence electrons. The van der Waals surface area contributed by atoms with Crippen molar-refractivity contribution in [2.75, 3.05) is 0 Å². The minimum Gasteiger partial charge on any atom is -0.480 e. The van der Waals surface area contributed by atoms with Gasteiger partial charge in [-0.1, -0.05) is 0 Å². The van der Waals surface area contributed by atoms with Gasteiger partial charge in [0, 0.05) is 6.42 Å². The number of aliphatic carboxylic acids is 1. The van der Waals surface area contributed by atoms with Gasteiger partial charge < -0.3 is 5.11 Å². The van der Waals surface area contributed by atoms with Gasteiger partial charge in [-0.3, -0.25) is 9.59 Å². The summed E-state index contributed by atoms with van der Waals surface area (Å²) >= 11 is 5.66. The molecule has 1 unspecified atom stereocenters. The van der Waals surface area contributed by atoms with Gasteiger partial charge in [0.1, 0.15) is 0 Å². The number of ketones is 1. The number of hydrogen-bond donors (Lipinski definition) is 1. The molecule has 0 aromatic carbocycles. The summed E-state index contributed by atoms with van der Waals surface area (Å²) in [7, 11) is 0. The van der Waals surface area contributed by atoms with Gasteiger partial charge in [0.05, 0.1) is 0 Å². The summed E-state index contributed by atoms with van der Waals surface area (Å²) in [6.07, 6.45) is 7.73. The van der Waals surface area contributed by atoms with Crippen LogP contribution in [-0.4, -0.2) is 22.2 Å². The Bertz CT molecular complexity index is 355. The second-order valence-electron chi connectivity index (χ2n) is 6.76. The first-order valence-electron chi connectivity index (χ1n) is 6.87. The predicted octanol–water partition coefficient (Wildman–Crippen LogP) is 2.85. The predicted molar refractivity (Wildman–Crippen MR) is 67.5 cm³/mol. The van der Waals surface area contributed by atoms with E-state index in [0.717, 1.165) is 37.0 Å². The molecule has 4 bridgehead atoms. The van der Waals surface area contributed by atoms with E-state index in [-0.39, 0.29) is 11.2 Å². The van der Waals surface area contributed by atoms with E-state index in [2.05, 4.69) is 0 Å². The number of Topliss-reactive ketones (excluding diaryl/α,β-unsaturated/α-hetero) is 1. The maximum absolute atomic E-state index is 12.0. The van der Waals surface area contributed by atoms with Crippen molar-refractivity contribution in [1.82, 2.24) is 0 Å². The average Bonchev–Trinajstić information content (AvgIpc) is 2.24. The molecule has 4 fully saturated rings. The number of rotatable bonds is 4. The number of carboxylic acid groups (broad SMARTS) is 1. The smallest absolute Gasteiger partial charge is 0.329 e. The molecule has 18 heavy (non-hydrogen) atoms. The van der Waals surface area contributed by atoms with Crippen LogP contribution in [-0.2, 0) is 9.59 Å².